The molecule has 2 nitrogen and oxygen atoms in total. The predicted molar refractivity (Wildman–Crippen MR) is 132 cm³/mol. The van der Waals surface area contributed by atoms with E-state index < -0.39 is 9.84 Å². The topological polar surface area (TPSA) is 34.1 Å². The predicted octanol–water partition coefficient (Wildman–Crippen LogP) is 7.91. The fourth-order valence-electron chi connectivity index (χ4n) is 3.08. The lowest BCUT2D eigenvalue weighted by atomic mass is 10.0. The maximum atomic E-state index is 12.4. The van der Waals surface area contributed by atoms with E-state index in [9.17, 15) is 8.42 Å². The van der Waals surface area contributed by atoms with Crippen molar-refractivity contribution in [3.63, 3.8) is 0 Å². The molecule has 0 aliphatic rings. The minimum absolute atomic E-state index is 0.0708. The van der Waals surface area contributed by atoms with Crippen LogP contribution in [0, 0.1) is 6.92 Å². The highest BCUT2D eigenvalue weighted by Crippen LogP contribution is 2.16. The van der Waals surface area contributed by atoms with Crippen LogP contribution in [-0.2, 0) is 9.84 Å². The van der Waals surface area contributed by atoms with E-state index in [-0.39, 0.29) is 5.75 Å². The van der Waals surface area contributed by atoms with Crippen LogP contribution in [0.2, 0.25) is 0 Å². The molecule has 0 radical (unpaired) electrons. The number of hydrogen-bond donors (Lipinski definition) is 0. The van der Waals surface area contributed by atoms with Gasteiger partial charge in [0, 0.05) is 0 Å². The molecular weight excluding hydrogens is 388 g/mol. The molecule has 0 unspecified atom stereocenters. The van der Waals surface area contributed by atoms with Crippen LogP contribution in [0.3, 0.4) is 0 Å². The maximum Gasteiger partial charge on any atom is 0.181 e. The van der Waals surface area contributed by atoms with Crippen LogP contribution >= 0.6 is 0 Å². The summed E-state index contributed by atoms with van der Waals surface area (Å²) in [7, 11) is -3.25. The molecule has 0 saturated carbocycles. The first-order valence-corrected chi connectivity index (χ1v) is 12.6. The summed E-state index contributed by atoms with van der Waals surface area (Å²) in [5.41, 5.74) is 6.46. The Kier molecular flexibility index (Phi) is 11.7. The summed E-state index contributed by atoms with van der Waals surface area (Å²) in [5.74, 6) is 0.0708. The van der Waals surface area contributed by atoms with E-state index in [1.807, 2.05) is 32.1 Å². The van der Waals surface area contributed by atoms with E-state index in [0.29, 0.717) is 4.90 Å². The van der Waals surface area contributed by atoms with Crippen LogP contribution in [-0.4, -0.2) is 14.2 Å². The molecule has 1 aromatic carbocycles. The molecule has 30 heavy (non-hydrogen) atoms. The van der Waals surface area contributed by atoms with E-state index in [2.05, 4.69) is 45.9 Å². The molecule has 0 bridgehead atoms. The molecule has 0 N–H and O–H groups in total. The molecule has 1 rings (SSSR count). The molecule has 0 saturated heterocycles. The fraction of sp³-hybridized carbons (Fsp3) is 0.481. The van der Waals surface area contributed by atoms with Crippen LogP contribution in [0.25, 0.3) is 0 Å². The molecule has 0 heterocycles. The summed E-state index contributed by atoms with van der Waals surface area (Å²) in [6.45, 7) is 12.7. The molecule has 0 aliphatic carbocycles. The van der Waals surface area contributed by atoms with Crippen molar-refractivity contribution in [2.24, 2.45) is 0 Å². The zero-order valence-corrected chi connectivity index (χ0v) is 20.6. The van der Waals surface area contributed by atoms with Crippen molar-refractivity contribution < 1.29 is 8.42 Å². The molecule has 166 valence electrons. The zero-order chi connectivity index (χ0) is 22.6. The van der Waals surface area contributed by atoms with E-state index in [0.717, 1.165) is 49.7 Å². The second-order valence-corrected chi connectivity index (χ2v) is 10.7. The van der Waals surface area contributed by atoms with Gasteiger partial charge in [-0.25, -0.2) is 8.42 Å². The molecule has 3 heteroatoms. The Balaban J connectivity index is 2.41. The molecule has 0 amide bonds. The van der Waals surface area contributed by atoms with Gasteiger partial charge in [-0.3, -0.25) is 0 Å². The minimum Gasteiger partial charge on any atom is -0.223 e. The highest BCUT2D eigenvalue weighted by Gasteiger charge is 2.12. The summed E-state index contributed by atoms with van der Waals surface area (Å²) in [4.78, 5) is 0.400. The van der Waals surface area contributed by atoms with Gasteiger partial charge in [-0.2, -0.15) is 0 Å². The van der Waals surface area contributed by atoms with Crippen molar-refractivity contribution in [3.8, 4) is 0 Å². The molecule has 0 aliphatic heterocycles. The lowest BCUT2D eigenvalue weighted by Gasteiger charge is -2.04. The minimum atomic E-state index is -3.25. The third-order valence-electron chi connectivity index (χ3n) is 5.19. The van der Waals surface area contributed by atoms with Gasteiger partial charge in [0.15, 0.2) is 9.84 Å². The van der Waals surface area contributed by atoms with Gasteiger partial charge < -0.3 is 0 Å². The zero-order valence-electron chi connectivity index (χ0n) is 19.8. The molecular formula is C27H40O2S. The normalized spacial score (nSPS) is 13.5. The molecule has 1 aromatic rings. The lowest BCUT2D eigenvalue weighted by molar-refractivity contribution is 0.599. The van der Waals surface area contributed by atoms with Crippen molar-refractivity contribution in [3.05, 3.63) is 76.4 Å². The average molecular weight is 429 g/mol. The largest absolute Gasteiger partial charge is 0.223 e. The van der Waals surface area contributed by atoms with Gasteiger partial charge in [0.25, 0.3) is 0 Å². The Morgan fingerprint density at radius 1 is 0.700 bits per heavy atom. The van der Waals surface area contributed by atoms with Crippen LogP contribution in [0.1, 0.15) is 78.7 Å². The third-order valence-corrected chi connectivity index (χ3v) is 6.78. The van der Waals surface area contributed by atoms with E-state index >= 15 is 0 Å². The first kappa shape index (κ1) is 26.2. The van der Waals surface area contributed by atoms with E-state index in [1.165, 1.54) is 16.7 Å². The van der Waals surface area contributed by atoms with Crippen molar-refractivity contribution in [1.82, 2.24) is 0 Å². The Bertz CT molecular complexity index is 875. The Hall–Kier alpha value is -1.87. The van der Waals surface area contributed by atoms with Gasteiger partial charge in [0.1, 0.15) is 0 Å². The molecule has 0 aromatic heterocycles. The molecule has 0 atom stereocenters. The van der Waals surface area contributed by atoms with Gasteiger partial charge in [-0.05, 0) is 92.2 Å². The summed E-state index contributed by atoms with van der Waals surface area (Å²) in [5, 5.41) is 0. The van der Waals surface area contributed by atoms with Crippen LogP contribution < -0.4 is 0 Å². The number of aryl methyl sites for hydroxylation is 1. The smallest absolute Gasteiger partial charge is 0.181 e. The van der Waals surface area contributed by atoms with E-state index in [4.69, 9.17) is 0 Å². The Morgan fingerprint density at radius 3 is 1.60 bits per heavy atom. The summed E-state index contributed by atoms with van der Waals surface area (Å²) >= 11 is 0. The van der Waals surface area contributed by atoms with Crippen molar-refractivity contribution in [2.45, 2.75) is 85.0 Å². The van der Waals surface area contributed by atoms with Crippen molar-refractivity contribution in [1.29, 1.82) is 0 Å². The SMILES string of the molecule is CC(C)=CCCC(C)=CCCC(C)=CCCC(C)=CCS(=O)(=O)c1ccc(C)cc1. The highest BCUT2D eigenvalue weighted by atomic mass is 32.2. The van der Waals surface area contributed by atoms with Crippen LogP contribution in [0.15, 0.2) is 75.8 Å². The van der Waals surface area contributed by atoms with Gasteiger partial charge in [0.05, 0.1) is 10.6 Å². The van der Waals surface area contributed by atoms with Gasteiger partial charge in [-0.15, -0.1) is 0 Å². The first-order valence-electron chi connectivity index (χ1n) is 11.0. The number of rotatable bonds is 12. The van der Waals surface area contributed by atoms with Crippen molar-refractivity contribution in [2.75, 3.05) is 5.75 Å². The van der Waals surface area contributed by atoms with Crippen LogP contribution in [0.4, 0.5) is 0 Å². The highest BCUT2D eigenvalue weighted by molar-refractivity contribution is 7.91. The second-order valence-electron chi connectivity index (χ2n) is 8.64. The fourth-order valence-corrected chi connectivity index (χ4v) is 4.33. The van der Waals surface area contributed by atoms with Crippen molar-refractivity contribution >= 4 is 9.84 Å². The number of benzene rings is 1. The molecule has 0 spiro atoms. The van der Waals surface area contributed by atoms with Gasteiger partial charge in [-0.1, -0.05) is 64.3 Å². The summed E-state index contributed by atoms with van der Waals surface area (Å²) < 4.78 is 24.9. The Labute approximate surface area is 185 Å². The lowest BCUT2D eigenvalue weighted by Crippen LogP contribution is -2.05. The maximum absolute atomic E-state index is 12.4. The van der Waals surface area contributed by atoms with E-state index in [1.54, 1.807) is 12.1 Å². The second kappa shape index (κ2) is 13.4. The summed E-state index contributed by atoms with van der Waals surface area (Å²) in [6.07, 6.45) is 15.1. The monoisotopic (exact) mass is 428 g/mol. The van der Waals surface area contributed by atoms with Gasteiger partial charge >= 0.3 is 0 Å². The van der Waals surface area contributed by atoms with Gasteiger partial charge in [0.2, 0.25) is 0 Å². The molecule has 0 fully saturated rings. The Morgan fingerprint density at radius 2 is 1.13 bits per heavy atom. The summed E-state index contributed by atoms with van der Waals surface area (Å²) in [6, 6.07) is 7.07. The number of allylic oxidation sites excluding steroid dienone is 7. The van der Waals surface area contributed by atoms with Crippen LogP contribution in [0.5, 0.6) is 0 Å². The number of sulfone groups is 1. The third kappa shape index (κ3) is 11.3. The number of hydrogen-bond acceptors (Lipinski definition) is 2. The quantitative estimate of drug-likeness (QED) is 0.317. The average Bonchev–Trinajstić information content (AvgIpc) is 2.66. The first-order chi connectivity index (χ1) is 14.1. The standard InChI is InChI=1S/C27H40O2S/c1-22(2)10-7-11-23(3)12-8-13-24(4)14-9-15-25(5)20-21-30(28,29)27-18-16-26(6)17-19-27/h10,12,14,16-20H,7-9,11,13,15,21H2,1-6H3.